The first-order valence-corrected chi connectivity index (χ1v) is 7.01. The number of carbonyl (C=O) groups excluding carboxylic acids is 1. The van der Waals surface area contributed by atoms with Crippen LogP contribution in [0, 0.1) is 0 Å². The average molecular weight is 340 g/mol. The maximum Gasteiger partial charge on any atom is 0.196 e. The highest BCUT2D eigenvalue weighted by molar-refractivity contribution is 9.10. The molecule has 0 amide bonds. The Morgan fingerprint density at radius 3 is 2.53 bits per heavy atom. The minimum absolute atomic E-state index is 0.0820. The normalized spacial score (nSPS) is 10.3. The molecule has 0 spiro atoms. The molecule has 2 rings (SSSR count). The first kappa shape index (κ1) is 14.1. The fourth-order valence-electron chi connectivity index (χ4n) is 1.72. The van der Waals surface area contributed by atoms with Crippen LogP contribution in [-0.4, -0.2) is 12.4 Å². The van der Waals surface area contributed by atoms with Gasteiger partial charge < -0.3 is 4.74 Å². The fraction of sp³-hybridized carbons (Fsp3) is 0.133. The Bertz CT molecular complexity index is 594. The molecule has 0 atom stereocenters. The summed E-state index contributed by atoms with van der Waals surface area (Å²) < 4.78 is 6.33. The van der Waals surface area contributed by atoms with Crippen molar-refractivity contribution >= 4 is 33.3 Å². The number of hydrogen-bond acceptors (Lipinski definition) is 2. The van der Waals surface area contributed by atoms with Gasteiger partial charge in [0, 0.05) is 15.1 Å². The molecule has 0 aliphatic carbocycles. The predicted octanol–water partition coefficient (Wildman–Crippen LogP) is 4.73. The Hall–Kier alpha value is -1.32. The Balaban J connectivity index is 2.42. The van der Waals surface area contributed by atoms with Crippen molar-refractivity contribution in [3.05, 3.63) is 63.1 Å². The van der Waals surface area contributed by atoms with Gasteiger partial charge in [-0.2, -0.15) is 0 Å². The first-order chi connectivity index (χ1) is 9.11. The van der Waals surface area contributed by atoms with Crippen molar-refractivity contribution < 1.29 is 9.53 Å². The monoisotopic (exact) mass is 338 g/mol. The number of ether oxygens (including phenoxy) is 1. The summed E-state index contributed by atoms with van der Waals surface area (Å²) >= 11 is 9.20. The van der Waals surface area contributed by atoms with Gasteiger partial charge in [-0.05, 0) is 49.4 Å². The van der Waals surface area contributed by atoms with Gasteiger partial charge in [0.1, 0.15) is 5.75 Å². The van der Waals surface area contributed by atoms with Gasteiger partial charge in [-0.15, -0.1) is 0 Å². The van der Waals surface area contributed by atoms with Crippen LogP contribution in [0.3, 0.4) is 0 Å². The van der Waals surface area contributed by atoms with Gasteiger partial charge >= 0.3 is 0 Å². The minimum atomic E-state index is -0.0820. The molecule has 0 saturated heterocycles. The molecule has 0 fully saturated rings. The molecule has 0 unspecified atom stereocenters. The zero-order valence-corrected chi connectivity index (χ0v) is 12.7. The van der Waals surface area contributed by atoms with Crippen molar-refractivity contribution in [2.75, 3.05) is 6.61 Å². The summed E-state index contributed by atoms with van der Waals surface area (Å²) in [5.74, 6) is 0.507. The summed E-state index contributed by atoms with van der Waals surface area (Å²) in [6.07, 6.45) is 0. The van der Waals surface area contributed by atoms with E-state index in [1.165, 1.54) is 0 Å². The molecule has 19 heavy (non-hydrogen) atoms. The van der Waals surface area contributed by atoms with E-state index in [4.69, 9.17) is 16.3 Å². The quantitative estimate of drug-likeness (QED) is 0.753. The molecular formula is C15H12BrClO2. The number of benzene rings is 2. The lowest BCUT2D eigenvalue weighted by molar-refractivity contribution is 0.103. The number of ketones is 1. The highest BCUT2D eigenvalue weighted by atomic mass is 79.9. The lowest BCUT2D eigenvalue weighted by Gasteiger charge is -2.10. The topological polar surface area (TPSA) is 26.3 Å². The fourth-order valence-corrected chi connectivity index (χ4v) is 2.20. The van der Waals surface area contributed by atoms with Gasteiger partial charge in [-0.3, -0.25) is 4.79 Å². The molecule has 2 aromatic rings. The molecule has 2 aromatic carbocycles. The molecule has 0 N–H and O–H groups in total. The van der Waals surface area contributed by atoms with Crippen LogP contribution < -0.4 is 4.74 Å². The van der Waals surface area contributed by atoms with Gasteiger partial charge in [0.15, 0.2) is 5.78 Å². The minimum Gasteiger partial charge on any atom is -0.493 e. The second kappa shape index (κ2) is 6.22. The molecule has 98 valence electrons. The summed E-state index contributed by atoms with van der Waals surface area (Å²) in [7, 11) is 0. The van der Waals surface area contributed by atoms with Gasteiger partial charge in [-0.1, -0.05) is 27.5 Å². The summed E-state index contributed by atoms with van der Waals surface area (Å²) in [5, 5.41) is 0.607. The summed E-state index contributed by atoms with van der Waals surface area (Å²) in [5.41, 5.74) is 1.13. The van der Waals surface area contributed by atoms with E-state index in [2.05, 4.69) is 15.9 Å². The zero-order chi connectivity index (χ0) is 13.8. The second-order valence-corrected chi connectivity index (χ2v) is 5.26. The number of rotatable bonds is 4. The van der Waals surface area contributed by atoms with E-state index >= 15 is 0 Å². The molecule has 0 aliphatic heterocycles. The van der Waals surface area contributed by atoms with Crippen molar-refractivity contribution in [1.29, 1.82) is 0 Å². The maximum atomic E-state index is 12.5. The number of hydrogen-bond donors (Lipinski definition) is 0. The van der Waals surface area contributed by atoms with Crippen LogP contribution >= 0.6 is 27.5 Å². The van der Waals surface area contributed by atoms with Gasteiger partial charge in [0.2, 0.25) is 0 Å². The van der Waals surface area contributed by atoms with Crippen LogP contribution in [-0.2, 0) is 0 Å². The van der Waals surface area contributed by atoms with Crippen LogP contribution in [0.5, 0.6) is 5.75 Å². The smallest absolute Gasteiger partial charge is 0.196 e. The van der Waals surface area contributed by atoms with Gasteiger partial charge in [0.05, 0.1) is 12.2 Å². The van der Waals surface area contributed by atoms with Crippen LogP contribution in [0.15, 0.2) is 46.9 Å². The summed E-state index contributed by atoms with van der Waals surface area (Å²) in [6, 6.07) is 12.2. The summed E-state index contributed by atoms with van der Waals surface area (Å²) in [6.45, 7) is 2.40. The van der Waals surface area contributed by atoms with E-state index in [9.17, 15) is 4.79 Å². The highest BCUT2D eigenvalue weighted by Gasteiger charge is 2.15. The lowest BCUT2D eigenvalue weighted by atomic mass is 10.0. The van der Waals surface area contributed by atoms with Gasteiger partial charge in [0.25, 0.3) is 0 Å². The number of halogens is 2. The largest absolute Gasteiger partial charge is 0.493 e. The Morgan fingerprint density at radius 2 is 1.89 bits per heavy atom. The standard InChI is InChI=1S/C15H12BrClO2/c1-2-19-14-8-5-11(16)9-13(14)15(18)10-3-6-12(17)7-4-10/h3-9H,2H2,1H3. The van der Waals surface area contributed by atoms with E-state index in [0.29, 0.717) is 28.5 Å². The van der Waals surface area contributed by atoms with E-state index in [0.717, 1.165) is 4.47 Å². The molecule has 0 aliphatic rings. The van der Waals surface area contributed by atoms with E-state index in [1.54, 1.807) is 36.4 Å². The Morgan fingerprint density at radius 1 is 1.21 bits per heavy atom. The third kappa shape index (κ3) is 3.37. The SMILES string of the molecule is CCOc1ccc(Br)cc1C(=O)c1ccc(Cl)cc1. The molecule has 2 nitrogen and oxygen atoms in total. The first-order valence-electron chi connectivity index (χ1n) is 5.84. The lowest BCUT2D eigenvalue weighted by Crippen LogP contribution is -2.05. The van der Waals surface area contributed by atoms with Gasteiger partial charge in [-0.25, -0.2) is 0 Å². The maximum absolute atomic E-state index is 12.5. The molecule has 4 heteroatoms. The molecule has 0 heterocycles. The van der Waals surface area contributed by atoms with Crippen LogP contribution in [0.2, 0.25) is 5.02 Å². The van der Waals surface area contributed by atoms with Crippen molar-refractivity contribution in [2.45, 2.75) is 6.92 Å². The summed E-state index contributed by atoms with van der Waals surface area (Å²) in [4.78, 5) is 12.5. The van der Waals surface area contributed by atoms with Crippen molar-refractivity contribution in [3.8, 4) is 5.75 Å². The molecular weight excluding hydrogens is 328 g/mol. The van der Waals surface area contributed by atoms with E-state index in [1.807, 2.05) is 13.0 Å². The highest BCUT2D eigenvalue weighted by Crippen LogP contribution is 2.26. The third-order valence-electron chi connectivity index (χ3n) is 2.59. The van der Waals surface area contributed by atoms with Crippen molar-refractivity contribution in [1.82, 2.24) is 0 Å². The average Bonchev–Trinajstić information content (AvgIpc) is 2.41. The molecule has 0 radical (unpaired) electrons. The molecule has 0 bridgehead atoms. The van der Waals surface area contributed by atoms with Crippen LogP contribution in [0.1, 0.15) is 22.8 Å². The Labute approximate surface area is 125 Å². The van der Waals surface area contributed by atoms with Crippen LogP contribution in [0.25, 0.3) is 0 Å². The predicted molar refractivity (Wildman–Crippen MR) is 80.2 cm³/mol. The Kier molecular flexibility index (Phi) is 4.61. The van der Waals surface area contributed by atoms with E-state index in [-0.39, 0.29) is 5.78 Å². The van der Waals surface area contributed by atoms with Crippen LogP contribution in [0.4, 0.5) is 0 Å². The molecule has 0 saturated carbocycles. The second-order valence-electron chi connectivity index (χ2n) is 3.91. The molecule has 0 aromatic heterocycles. The van der Waals surface area contributed by atoms with Crippen molar-refractivity contribution in [3.63, 3.8) is 0 Å². The third-order valence-corrected chi connectivity index (χ3v) is 3.34. The van der Waals surface area contributed by atoms with Crippen molar-refractivity contribution in [2.24, 2.45) is 0 Å². The zero-order valence-electron chi connectivity index (χ0n) is 10.3. The van der Waals surface area contributed by atoms with E-state index < -0.39 is 0 Å². The number of carbonyl (C=O) groups is 1.